The minimum atomic E-state index is -0.489. The third kappa shape index (κ3) is 2.82. The number of carbonyl (C=O) groups is 1. The van der Waals surface area contributed by atoms with E-state index in [0.717, 1.165) is 12.8 Å². The van der Waals surface area contributed by atoms with Crippen molar-refractivity contribution in [2.24, 2.45) is 11.1 Å². The summed E-state index contributed by atoms with van der Waals surface area (Å²) in [6.07, 6.45) is 1.44. The number of halogens is 2. The van der Waals surface area contributed by atoms with Crippen molar-refractivity contribution in [1.29, 1.82) is 0 Å². The summed E-state index contributed by atoms with van der Waals surface area (Å²) in [6.45, 7) is 4.30. The SMILES string of the molecule is CCC(CC)(CN)C(=O)c1ccc(Cl)c(Cl)c1. The number of Topliss-reactive ketones (excluding diaryl/α,β-unsaturated/α-hetero) is 1. The van der Waals surface area contributed by atoms with Gasteiger partial charge in [0.25, 0.3) is 0 Å². The predicted molar refractivity (Wildman–Crippen MR) is 72.9 cm³/mol. The second-order valence-electron chi connectivity index (χ2n) is 4.15. The minimum Gasteiger partial charge on any atom is -0.329 e. The molecule has 4 heteroatoms. The molecule has 2 N–H and O–H groups in total. The van der Waals surface area contributed by atoms with Crippen molar-refractivity contribution in [3.05, 3.63) is 33.8 Å². The molecule has 2 nitrogen and oxygen atoms in total. The summed E-state index contributed by atoms with van der Waals surface area (Å²) >= 11 is 11.8. The first-order valence-electron chi connectivity index (χ1n) is 5.70. The summed E-state index contributed by atoms with van der Waals surface area (Å²) in [7, 11) is 0. The fourth-order valence-corrected chi connectivity index (χ4v) is 2.19. The Kier molecular flexibility index (Phi) is 4.99. The predicted octanol–water partition coefficient (Wildman–Crippen LogP) is 3.94. The number of ketones is 1. The molecule has 0 fully saturated rings. The normalized spacial score (nSPS) is 11.6. The number of nitrogens with two attached hydrogens (primary N) is 1. The third-order valence-electron chi connectivity index (χ3n) is 3.41. The van der Waals surface area contributed by atoms with E-state index < -0.39 is 5.41 Å². The molecule has 1 aromatic rings. The summed E-state index contributed by atoms with van der Waals surface area (Å²) in [5.74, 6) is 0.0450. The van der Waals surface area contributed by atoms with Gasteiger partial charge in [0.15, 0.2) is 5.78 Å². The number of carbonyl (C=O) groups excluding carboxylic acids is 1. The molecule has 0 saturated heterocycles. The third-order valence-corrected chi connectivity index (χ3v) is 4.15. The van der Waals surface area contributed by atoms with Crippen LogP contribution < -0.4 is 5.73 Å². The van der Waals surface area contributed by atoms with E-state index in [1.54, 1.807) is 18.2 Å². The van der Waals surface area contributed by atoms with Gasteiger partial charge in [0.1, 0.15) is 0 Å². The van der Waals surface area contributed by atoms with Crippen LogP contribution in [0.1, 0.15) is 37.0 Å². The van der Waals surface area contributed by atoms with Crippen molar-refractivity contribution in [1.82, 2.24) is 0 Å². The van der Waals surface area contributed by atoms with Gasteiger partial charge in [-0.1, -0.05) is 37.0 Å². The topological polar surface area (TPSA) is 43.1 Å². The van der Waals surface area contributed by atoms with Crippen LogP contribution in [0.25, 0.3) is 0 Å². The van der Waals surface area contributed by atoms with Crippen LogP contribution in [-0.2, 0) is 0 Å². The molecular weight excluding hydrogens is 257 g/mol. The maximum Gasteiger partial charge on any atom is 0.170 e. The highest BCUT2D eigenvalue weighted by atomic mass is 35.5. The summed E-state index contributed by atoms with van der Waals surface area (Å²) in [5, 5.41) is 0.852. The van der Waals surface area contributed by atoms with Gasteiger partial charge in [0.05, 0.1) is 10.0 Å². The van der Waals surface area contributed by atoms with Crippen molar-refractivity contribution < 1.29 is 4.79 Å². The average molecular weight is 274 g/mol. The zero-order chi connectivity index (χ0) is 13.1. The van der Waals surface area contributed by atoms with Crippen LogP contribution in [0.15, 0.2) is 18.2 Å². The highest BCUT2D eigenvalue weighted by molar-refractivity contribution is 6.42. The van der Waals surface area contributed by atoms with Crippen LogP contribution in [0.4, 0.5) is 0 Å². The lowest BCUT2D eigenvalue weighted by Gasteiger charge is -2.28. The number of hydrogen-bond acceptors (Lipinski definition) is 2. The molecule has 0 bridgehead atoms. The second-order valence-corrected chi connectivity index (χ2v) is 4.96. The van der Waals surface area contributed by atoms with Gasteiger partial charge in [-0.2, -0.15) is 0 Å². The van der Waals surface area contributed by atoms with Gasteiger partial charge in [-0.05, 0) is 31.0 Å². The molecular formula is C13H17Cl2NO. The van der Waals surface area contributed by atoms with E-state index in [1.165, 1.54) is 0 Å². The maximum atomic E-state index is 12.4. The van der Waals surface area contributed by atoms with Gasteiger partial charge in [-0.3, -0.25) is 4.79 Å². The van der Waals surface area contributed by atoms with Crippen molar-refractivity contribution in [3.63, 3.8) is 0 Å². The maximum absolute atomic E-state index is 12.4. The Morgan fingerprint density at radius 3 is 2.24 bits per heavy atom. The summed E-state index contributed by atoms with van der Waals surface area (Å²) in [5.41, 5.74) is 5.84. The molecule has 0 aliphatic carbocycles. The number of rotatable bonds is 5. The molecule has 0 aliphatic heterocycles. The molecule has 17 heavy (non-hydrogen) atoms. The van der Waals surface area contributed by atoms with Crippen molar-refractivity contribution in [2.45, 2.75) is 26.7 Å². The van der Waals surface area contributed by atoms with Crippen LogP contribution in [0.5, 0.6) is 0 Å². The van der Waals surface area contributed by atoms with Gasteiger partial charge in [0, 0.05) is 17.5 Å². The van der Waals surface area contributed by atoms with Crippen molar-refractivity contribution >= 4 is 29.0 Å². The first kappa shape index (κ1) is 14.5. The van der Waals surface area contributed by atoms with E-state index in [0.29, 0.717) is 22.2 Å². The minimum absolute atomic E-state index is 0.0450. The smallest absolute Gasteiger partial charge is 0.170 e. The van der Waals surface area contributed by atoms with E-state index in [2.05, 4.69) is 0 Å². The molecule has 94 valence electrons. The molecule has 0 amide bonds. The molecule has 0 aromatic heterocycles. The zero-order valence-corrected chi connectivity index (χ0v) is 11.6. The first-order chi connectivity index (χ1) is 8.00. The summed E-state index contributed by atoms with van der Waals surface area (Å²) in [6, 6.07) is 4.96. The molecule has 1 rings (SSSR count). The number of hydrogen-bond donors (Lipinski definition) is 1. The van der Waals surface area contributed by atoms with Gasteiger partial charge >= 0.3 is 0 Å². The van der Waals surface area contributed by atoms with Gasteiger partial charge in [-0.25, -0.2) is 0 Å². The Hall–Kier alpha value is -0.570. The van der Waals surface area contributed by atoms with E-state index in [-0.39, 0.29) is 5.78 Å². The molecule has 0 unspecified atom stereocenters. The Morgan fingerprint density at radius 1 is 1.24 bits per heavy atom. The van der Waals surface area contributed by atoms with Crippen LogP contribution in [-0.4, -0.2) is 12.3 Å². The standard InChI is InChI=1S/C13H17Cl2NO/c1-3-13(4-2,8-16)12(17)9-5-6-10(14)11(15)7-9/h5-7H,3-4,8,16H2,1-2H3. The van der Waals surface area contributed by atoms with Crippen LogP contribution in [0, 0.1) is 5.41 Å². The Labute approximate surface area is 112 Å². The molecule has 1 aromatic carbocycles. The zero-order valence-electron chi connectivity index (χ0n) is 10.1. The lowest BCUT2D eigenvalue weighted by atomic mass is 9.76. The van der Waals surface area contributed by atoms with E-state index in [4.69, 9.17) is 28.9 Å². The largest absolute Gasteiger partial charge is 0.329 e. The quantitative estimate of drug-likeness (QED) is 0.826. The van der Waals surface area contributed by atoms with Gasteiger partial charge in [0.2, 0.25) is 0 Å². The fourth-order valence-electron chi connectivity index (χ4n) is 1.90. The van der Waals surface area contributed by atoms with E-state index >= 15 is 0 Å². The Morgan fingerprint density at radius 2 is 1.82 bits per heavy atom. The summed E-state index contributed by atoms with van der Waals surface area (Å²) in [4.78, 5) is 12.4. The van der Waals surface area contributed by atoms with Gasteiger partial charge < -0.3 is 5.73 Å². The van der Waals surface area contributed by atoms with Crippen LogP contribution in [0.3, 0.4) is 0 Å². The fraction of sp³-hybridized carbons (Fsp3) is 0.462. The van der Waals surface area contributed by atoms with Crippen molar-refractivity contribution in [3.8, 4) is 0 Å². The highest BCUT2D eigenvalue weighted by Crippen LogP contribution is 2.32. The molecule has 0 spiro atoms. The Bertz CT molecular complexity index is 406. The monoisotopic (exact) mass is 273 g/mol. The molecule has 0 atom stereocenters. The number of benzene rings is 1. The highest BCUT2D eigenvalue weighted by Gasteiger charge is 2.34. The van der Waals surface area contributed by atoms with Crippen LogP contribution in [0.2, 0.25) is 10.0 Å². The first-order valence-corrected chi connectivity index (χ1v) is 6.46. The Balaban J connectivity index is 3.14. The average Bonchev–Trinajstić information content (AvgIpc) is 2.35. The molecule has 0 heterocycles. The molecule has 0 aliphatic rings. The van der Waals surface area contributed by atoms with Gasteiger partial charge in [-0.15, -0.1) is 0 Å². The van der Waals surface area contributed by atoms with Crippen LogP contribution >= 0.6 is 23.2 Å². The second kappa shape index (κ2) is 5.85. The van der Waals surface area contributed by atoms with E-state index in [1.807, 2.05) is 13.8 Å². The lowest BCUT2D eigenvalue weighted by molar-refractivity contribution is 0.0787. The van der Waals surface area contributed by atoms with E-state index in [9.17, 15) is 4.79 Å². The molecule has 0 saturated carbocycles. The lowest BCUT2D eigenvalue weighted by Crippen LogP contribution is -2.37. The summed E-state index contributed by atoms with van der Waals surface area (Å²) < 4.78 is 0. The van der Waals surface area contributed by atoms with Crippen molar-refractivity contribution in [2.75, 3.05) is 6.54 Å². The molecule has 0 radical (unpaired) electrons.